The molecule has 0 radical (unpaired) electrons. The van der Waals surface area contributed by atoms with Crippen LogP contribution >= 0.6 is 0 Å². The van der Waals surface area contributed by atoms with E-state index in [0.29, 0.717) is 37.0 Å². The molecule has 0 bridgehead atoms. The molecule has 2 saturated carbocycles. The Hall–Kier alpha value is -3.92. The molecule has 1 aliphatic heterocycles. The molecule has 1 saturated heterocycles. The number of benzene rings is 1. The summed E-state index contributed by atoms with van der Waals surface area (Å²) in [5.74, 6) is 2.06. The Morgan fingerprint density at radius 3 is 2.50 bits per heavy atom. The van der Waals surface area contributed by atoms with Crippen LogP contribution in [-0.4, -0.2) is 72.0 Å². The monoisotopic (exact) mass is 597 g/mol. The number of ether oxygens (including phenoxy) is 1. The zero-order valence-electron chi connectivity index (χ0n) is 26.5. The van der Waals surface area contributed by atoms with Crippen molar-refractivity contribution >= 4 is 17.0 Å². The number of pyridine rings is 1. The maximum atomic E-state index is 14.1. The Balaban J connectivity index is 1.17. The average molecular weight is 598 g/mol. The van der Waals surface area contributed by atoms with Crippen molar-refractivity contribution < 1.29 is 9.53 Å². The molecule has 10 heteroatoms. The Kier molecular flexibility index (Phi) is 6.95. The lowest BCUT2D eigenvalue weighted by molar-refractivity contribution is 0.0138. The minimum absolute atomic E-state index is 0.0303. The number of carbonyl (C=O) groups is 1. The molecule has 232 valence electrons. The number of fused-ring (bicyclic) bond motifs is 1. The molecule has 2 aliphatic carbocycles. The predicted octanol–water partition coefficient (Wildman–Crippen LogP) is 5.09. The van der Waals surface area contributed by atoms with Gasteiger partial charge in [-0.2, -0.15) is 0 Å². The van der Waals surface area contributed by atoms with Gasteiger partial charge in [-0.25, -0.2) is 4.79 Å². The standard InChI is InChI=1S/C34H43N7O3/c1-22-17-34(18-22,31-37-35-21-38(31)5)24-7-6-8-26(15-24)41-20-28(23-9-10-23)27-16-25(36-29(27)30(41)42)19-39-11-13-40(14-12-39)32(43)44-33(2,3)4/h6-8,15-16,20-23,36H,9-14,17-19H2,1-5H3. The molecule has 4 aromatic rings. The summed E-state index contributed by atoms with van der Waals surface area (Å²) in [7, 11) is 2.01. The SMILES string of the molecule is CC1CC(c2cccc(-n3cc(C4CC4)c4cc(CN5CCN(C(=O)OC(C)(C)C)CC5)[nH]c4c3=O)c2)(c2nncn2C)C1. The zero-order valence-corrected chi connectivity index (χ0v) is 26.5. The van der Waals surface area contributed by atoms with Gasteiger partial charge < -0.3 is 19.2 Å². The van der Waals surface area contributed by atoms with Gasteiger partial charge in [-0.1, -0.05) is 19.1 Å². The predicted molar refractivity (Wildman–Crippen MR) is 169 cm³/mol. The number of nitrogens with one attached hydrogen (secondary N) is 1. The highest BCUT2D eigenvalue weighted by Gasteiger charge is 2.48. The summed E-state index contributed by atoms with van der Waals surface area (Å²) in [6.07, 6.45) is 7.91. The molecule has 4 heterocycles. The molecule has 0 spiro atoms. The lowest BCUT2D eigenvalue weighted by Crippen LogP contribution is -2.49. The van der Waals surface area contributed by atoms with Crippen molar-refractivity contribution in [2.24, 2.45) is 13.0 Å². The van der Waals surface area contributed by atoms with Crippen molar-refractivity contribution in [2.45, 2.75) is 76.9 Å². The second-order valence-corrected chi connectivity index (χ2v) is 14.3. The zero-order chi connectivity index (χ0) is 30.8. The number of rotatable bonds is 6. The van der Waals surface area contributed by atoms with Crippen LogP contribution in [0, 0.1) is 5.92 Å². The highest BCUT2D eigenvalue weighted by atomic mass is 16.6. The number of carbonyl (C=O) groups excluding carboxylic acids is 1. The van der Waals surface area contributed by atoms with Crippen LogP contribution in [-0.2, 0) is 23.7 Å². The van der Waals surface area contributed by atoms with Gasteiger partial charge in [0.25, 0.3) is 5.56 Å². The van der Waals surface area contributed by atoms with Gasteiger partial charge in [0.2, 0.25) is 0 Å². The largest absolute Gasteiger partial charge is 0.444 e. The van der Waals surface area contributed by atoms with Crippen LogP contribution in [0.1, 0.15) is 81.9 Å². The first-order chi connectivity index (χ1) is 21.0. The summed E-state index contributed by atoms with van der Waals surface area (Å²) in [5, 5.41) is 9.73. The highest BCUT2D eigenvalue weighted by Crippen LogP contribution is 2.51. The van der Waals surface area contributed by atoms with Crippen molar-refractivity contribution in [1.29, 1.82) is 0 Å². The minimum atomic E-state index is -0.500. The van der Waals surface area contributed by atoms with E-state index in [2.05, 4.69) is 57.5 Å². The van der Waals surface area contributed by atoms with Gasteiger partial charge in [0.15, 0.2) is 0 Å². The normalized spacial score (nSPS) is 22.8. The van der Waals surface area contributed by atoms with Crippen LogP contribution in [0.3, 0.4) is 0 Å². The smallest absolute Gasteiger partial charge is 0.410 e. The number of aromatic amines is 1. The number of hydrogen-bond acceptors (Lipinski definition) is 6. The molecule has 0 unspecified atom stereocenters. The topological polar surface area (TPSA) is 101 Å². The number of aryl methyl sites for hydroxylation is 1. The molecule has 44 heavy (non-hydrogen) atoms. The molecule has 1 aromatic carbocycles. The first kappa shape index (κ1) is 28.8. The van der Waals surface area contributed by atoms with Gasteiger partial charge in [0.05, 0.1) is 5.41 Å². The number of nitrogens with zero attached hydrogens (tertiary/aromatic N) is 6. The van der Waals surface area contributed by atoms with Gasteiger partial charge >= 0.3 is 6.09 Å². The summed E-state index contributed by atoms with van der Waals surface area (Å²) in [4.78, 5) is 34.2. The highest BCUT2D eigenvalue weighted by molar-refractivity contribution is 5.84. The fourth-order valence-corrected chi connectivity index (χ4v) is 7.29. The van der Waals surface area contributed by atoms with Crippen molar-refractivity contribution in [2.75, 3.05) is 26.2 Å². The van der Waals surface area contributed by atoms with E-state index in [1.54, 1.807) is 11.2 Å². The Morgan fingerprint density at radius 1 is 1.11 bits per heavy atom. The Bertz CT molecular complexity index is 1760. The Labute approximate surface area is 258 Å². The third-order valence-corrected chi connectivity index (χ3v) is 9.53. The molecule has 3 fully saturated rings. The molecule has 1 N–H and O–H groups in total. The van der Waals surface area contributed by atoms with E-state index < -0.39 is 5.60 Å². The van der Waals surface area contributed by atoms with Crippen LogP contribution in [0.5, 0.6) is 0 Å². The van der Waals surface area contributed by atoms with Gasteiger partial charge in [0.1, 0.15) is 23.3 Å². The van der Waals surface area contributed by atoms with Gasteiger partial charge in [0, 0.05) is 62.7 Å². The fraction of sp³-hybridized carbons (Fsp3) is 0.529. The molecule has 7 rings (SSSR count). The van der Waals surface area contributed by atoms with Crippen LogP contribution in [0.15, 0.2) is 47.7 Å². The number of hydrogen-bond donors (Lipinski definition) is 1. The lowest BCUT2D eigenvalue weighted by Gasteiger charge is -2.46. The molecule has 3 aliphatic rings. The molecular formula is C34H43N7O3. The van der Waals surface area contributed by atoms with Crippen molar-refractivity contribution in [3.05, 3.63) is 75.9 Å². The summed E-state index contributed by atoms with van der Waals surface area (Å²) >= 11 is 0. The van der Waals surface area contributed by atoms with Gasteiger partial charge in [-0.05, 0) is 87.6 Å². The Morgan fingerprint density at radius 2 is 1.86 bits per heavy atom. The van der Waals surface area contributed by atoms with Crippen LogP contribution < -0.4 is 5.56 Å². The summed E-state index contributed by atoms with van der Waals surface area (Å²) < 4.78 is 9.42. The maximum absolute atomic E-state index is 14.1. The summed E-state index contributed by atoms with van der Waals surface area (Å²) in [5.41, 5.74) is 4.28. The second kappa shape index (κ2) is 10.6. The number of amides is 1. The molecule has 0 atom stereocenters. The van der Waals surface area contributed by atoms with E-state index in [1.807, 2.05) is 43.0 Å². The first-order valence-corrected chi connectivity index (χ1v) is 15.9. The van der Waals surface area contributed by atoms with Crippen molar-refractivity contribution in [3.8, 4) is 5.69 Å². The third kappa shape index (κ3) is 5.23. The third-order valence-electron chi connectivity index (χ3n) is 9.53. The molecule has 10 nitrogen and oxygen atoms in total. The molecular weight excluding hydrogens is 554 g/mol. The van der Waals surface area contributed by atoms with Crippen molar-refractivity contribution in [3.63, 3.8) is 0 Å². The van der Waals surface area contributed by atoms with E-state index in [9.17, 15) is 9.59 Å². The summed E-state index contributed by atoms with van der Waals surface area (Å²) in [6.45, 7) is 11.4. The fourth-order valence-electron chi connectivity index (χ4n) is 7.29. The first-order valence-electron chi connectivity index (χ1n) is 15.9. The number of piperazine rings is 1. The van der Waals surface area contributed by atoms with E-state index >= 15 is 0 Å². The van der Waals surface area contributed by atoms with E-state index in [4.69, 9.17) is 4.74 Å². The maximum Gasteiger partial charge on any atom is 0.410 e. The minimum Gasteiger partial charge on any atom is -0.444 e. The molecule has 3 aromatic heterocycles. The molecule has 1 amide bonds. The van der Waals surface area contributed by atoms with E-state index in [0.717, 1.165) is 61.4 Å². The van der Waals surface area contributed by atoms with E-state index in [1.165, 1.54) is 11.1 Å². The van der Waals surface area contributed by atoms with Gasteiger partial charge in [-0.3, -0.25) is 14.3 Å². The van der Waals surface area contributed by atoms with Crippen LogP contribution in [0.4, 0.5) is 4.79 Å². The number of aromatic nitrogens is 5. The quantitative estimate of drug-likeness (QED) is 0.332. The average Bonchev–Trinajstić information content (AvgIpc) is 3.58. The lowest BCUT2D eigenvalue weighted by atomic mass is 9.58. The van der Waals surface area contributed by atoms with E-state index in [-0.39, 0.29) is 17.1 Å². The summed E-state index contributed by atoms with van der Waals surface area (Å²) in [6, 6.07) is 10.6. The van der Waals surface area contributed by atoms with Crippen molar-refractivity contribution in [1.82, 2.24) is 34.1 Å². The van der Waals surface area contributed by atoms with Crippen LogP contribution in [0.25, 0.3) is 16.6 Å². The number of H-pyrrole nitrogens is 1. The second-order valence-electron chi connectivity index (χ2n) is 14.3. The van der Waals surface area contributed by atoms with Gasteiger partial charge in [-0.15, -0.1) is 10.2 Å². The van der Waals surface area contributed by atoms with Crippen LogP contribution in [0.2, 0.25) is 0 Å².